The number of ether oxygens (including phenoxy) is 1. The minimum atomic E-state index is -0.633. The summed E-state index contributed by atoms with van der Waals surface area (Å²) in [7, 11) is 2.07. The number of likely N-dealkylation sites (N-methyl/N-ethyl adjacent to an activating group) is 1. The molecule has 2 amide bonds. The molecule has 28 heavy (non-hydrogen) atoms. The number of benzene rings is 1. The lowest BCUT2D eigenvalue weighted by molar-refractivity contribution is -0.139. The van der Waals surface area contributed by atoms with Crippen LogP contribution in [0.15, 0.2) is 30.3 Å². The maximum atomic E-state index is 13.5. The predicted molar refractivity (Wildman–Crippen MR) is 107 cm³/mol. The van der Waals surface area contributed by atoms with Crippen LogP contribution in [0.4, 0.5) is 0 Å². The highest BCUT2D eigenvalue weighted by Crippen LogP contribution is 2.43. The standard InChI is InChI=1S/C22H31N3O3/c1-17-8-10-22(11-9-17)25(20(26)18-6-4-3-5-7-18)19(16-28-22)21(27)24-14-12-23(2)13-15-24/h3-7,17,19H,8-16H2,1-2H3/t17?,19-,22?/m0/s1. The molecule has 1 atom stereocenters. The molecule has 3 aliphatic rings. The molecule has 1 spiro atoms. The Kier molecular flexibility index (Phi) is 5.43. The second-order valence-corrected chi connectivity index (χ2v) is 8.63. The molecular weight excluding hydrogens is 354 g/mol. The van der Waals surface area contributed by atoms with Gasteiger partial charge in [0.25, 0.3) is 5.91 Å². The van der Waals surface area contributed by atoms with E-state index in [-0.39, 0.29) is 11.8 Å². The van der Waals surface area contributed by atoms with Crippen molar-refractivity contribution < 1.29 is 14.3 Å². The fourth-order valence-corrected chi connectivity index (χ4v) is 4.73. The molecule has 6 heteroatoms. The molecule has 0 unspecified atom stereocenters. The number of rotatable bonds is 2. The van der Waals surface area contributed by atoms with E-state index in [0.717, 1.165) is 38.8 Å². The number of nitrogens with zero attached hydrogens (tertiary/aromatic N) is 3. The normalized spacial score (nSPS) is 31.4. The van der Waals surface area contributed by atoms with E-state index in [2.05, 4.69) is 18.9 Å². The van der Waals surface area contributed by atoms with E-state index in [1.807, 2.05) is 35.2 Å². The number of carbonyl (C=O) groups is 2. The van der Waals surface area contributed by atoms with E-state index in [1.165, 1.54) is 0 Å². The zero-order valence-electron chi connectivity index (χ0n) is 17.0. The van der Waals surface area contributed by atoms with Gasteiger partial charge in [-0.25, -0.2) is 0 Å². The highest BCUT2D eigenvalue weighted by atomic mass is 16.5. The first-order valence-corrected chi connectivity index (χ1v) is 10.5. The van der Waals surface area contributed by atoms with Gasteiger partial charge in [0.1, 0.15) is 11.8 Å². The Morgan fingerprint density at radius 3 is 2.32 bits per heavy atom. The summed E-state index contributed by atoms with van der Waals surface area (Å²) in [5.74, 6) is 0.586. The van der Waals surface area contributed by atoms with Crippen LogP contribution < -0.4 is 0 Å². The molecule has 4 rings (SSSR count). The van der Waals surface area contributed by atoms with Crippen LogP contribution in [0.2, 0.25) is 0 Å². The van der Waals surface area contributed by atoms with Gasteiger partial charge in [-0.05, 0) is 50.8 Å². The fraction of sp³-hybridized carbons (Fsp3) is 0.636. The topological polar surface area (TPSA) is 53.1 Å². The molecule has 1 aromatic rings. The van der Waals surface area contributed by atoms with Crippen molar-refractivity contribution in [1.29, 1.82) is 0 Å². The van der Waals surface area contributed by atoms with Crippen molar-refractivity contribution in [2.75, 3.05) is 39.8 Å². The summed E-state index contributed by atoms with van der Waals surface area (Å²) in [6, 6.07) is 8.79. The molecule has 1 aliphatic carbocycles. The summed E-state index contributed by atoms with van der Waals surface area (Å²) >= 11 is 0. The number of hydrogen-bond donors (Lipinski definition) is 0. The Labute approximate surface area is 167 Å². The first-order valence-electron chi connectivity index (χ1n) is 10.5. The molecule has 2 aliphatic heterocycles. The van der Waals surface area contributed by atoms with Gasteiger partial charge >= 0.3 is 0 Å². The van der Waals surface area contributed by atoms with Gasteiger partial charge in [0.2, 0.25) is 5.91 Å². The first-order chi connectivity index (χ1) is 13.5. The second-order valence-electron chi connectivity index (χ2n) is 8.63. The molecular formula is C22H31N3O3. The number of piperazine rings is 1. The van der Waals surface area contributed by atoms with Gasteiger partial charge in [-0.2, -0.15) is 0 Å². The summed E-state index contributed by atoms with van der Waals surface area (Å²) < 4.78 is 6.28. The highest BCUT2D eigenvalue weighted by Gasteiger charge is 2.54. The van der Waals surface area contributed by atoms with E-state index < -0.39 is 11.8 Å². The minimum Gasteiger partial charge on any atom is -0.353 e. The maximum Gasteiger partial charge on any atom is 0.256 e. The van der Waals surface area contributed by atoms with E-state index in [0.29, 0.717) is 31.2 Å². The SMILES string of the molecule is CC1CCC2(CC1)OC[C@@H](C(=O)N1CCN(C)CC1)N2C(=O)c1ccccc1. The van der Waals surface area contributed by atoms with Gasteiger partial charge in [-0.1, -0.05) is 25.1 Å². The Balaban J connectivity index is 1.62. The zero-order chi connectivity index (χ0) is 19.7. The molecule has 6 nitrogen and oxygen atoms in total. The van der Waals surface area contributed by atoms with E-state index in [1.54, 1.807) is 4.90 Å². The van der Waals surface area contributed by atoms with Crippen LogP contribution >= 0.6 is 0 Å². The lowest BCUT2D eigenvalue weighted by Crippen LogP contribution is -2.59. The van der Waals surface area contributed by atoms with Crippen LogP contribution in [0.25, 0.3) is 0 Å². The molecule has 0 bridgehead atoms. The highest BCUT2D eigenvalue weighted by molar-refractivity contribution is 5.98. The summed E-state index contributed by atoms with van der Waals surface area (Å²) in [4.78, 5) is 32.8. The van der Waals surface area contributed by atoms with Crippen molar-refractivity contribution >= 4 is 11.8 Å². The molecule has 0 radical (unpaired) electrons. The van der Waals surface area contributed by atoms with E-state index in [4.69, 9.17) is 4.74 Å². The number of hydrogen-bond acceptors (Lipinski definition) is 4. The van der Waals surface area contributed by atoms with Crippen molar-refractivity contribution in [2.45, 2.75) is 44.4 Å². The van der Waals surface area contributed by atoms with Crippen LogP contribution in [0.5, 0.6) is 0 Å². The van der Waals surface area contributed by atoms with E-state index >= 15 is 0 Å². The van der Waals surface area contributed by atoms with Crippen LogP contribution in [0, 0.1) is 5.92 Å². The van der Waals surface area contributed by atoms with Gasteiger partial charge in [0, 0.05) is 31.7 Å². The van der Waals surface area contributed by atoms with E-state index in [9.17, 15) is 9.59 Å². The van der Waals surface area contributed by atoms with Crippen molar-refractivity contribution in [3.8, 4) is 0 Å². The average Bonchev–Trinajstić information content (AvgIpc) is 3.09. The first kappa shape index (κ1) is 19.4. The summed E-state index contributed by atoms with van der Waals surface area (Å²) in [6.07, 6.45) is 3.65. The fourth-order valence-electron chi connectivity index (χ4n) is 4.73. The smallest absolute Gasteiger partial charge is 0.256 e. The Morgan fingerprint density at radius 2 is 1.68 bits per heavy atom. The monoisotopic (exact) mass is 385 g/mol. The zero-order valence-corrected chi connectivity index (χ0v) is 17.0. The maximum absolute atomic E-state index is 13.5. The number of carbonyl (C=O) groups excluding carboxylic acids is 2. The van der Waals surface area contributed by atoms with Gasteiger partial charge < -0.3 is 14.5 Å². The Hall–Kier alpha value is -1.92. The summed E-state index contributed by atoms with van der Waals surface area (Å²) in [5, 5.41) is 0. The van der Waals surface area contributed by atoms with Gasteiger partial charge in [0.05, 0.1) is 6.61 Å². The van der Waals surface area contributed by atoms with Crippen LogP contribution in [0.3, 0.4) is 0 Å². The Morgan fingerprint density at radius 1 is 1.04 bits per heavy atom. The molecule has 1 saturated carbocycles. The third kappa shape index (κ3) is 3.55. The van der Waals surface area contributed by atoms with Crippen LogP contribution in [-0.2, 0) is 9.53 Å². The average molecular weight is 386 g/mol. The van der Waals surface area contributed by atoms with Gasteiger partial charge in [0.15, 0.2) is 0 Å². The minimum absolute atomic E-state index is 0.0351. The largest absolute Gasteiger partial charge is 0.353 e. The molecule has 0 N–H and O–H groups in total. The van der Waals surface area contributed by atoms with Crippen LogP contribution in [-0.4, -0.2) is 78.1 Å². The third-order valence-corrected chi connectivity index (χ3v) is 6.66. The molecule has 2 heterocycles. The van der Waals surface area contributed by atoms with Crippen molar-refractivity contribution in [3.05, 3.63) is 35.9 Å². The second kappa shape index (κ2) is 7.84. The van der Waals surface area contributed by atoms with Crippen molar-refractivity contribution in [3.63, 3.8) is 0 Å². The lowest BCUT2D eigenvalue weighted by atomic mass is 9.83. The molecule has 2 saturated heterocycles. The lowest BCUT2D eigenvalue weighted by Gasteiger charge is -2.44. The number of amides is 2. The molecule has 3 fully saturated rings. The quantitative estimate of drug-likeness (QED) is 0.783. The molecule has 1 aromatic carbocycles. The summed E-state index contributed by atoms with van der Waals surface area (Å²) in [5.41, 5.74) is -0.00559. The van der Waals surface area contributed by atoms with Gasteiger partial charge in [-0.3, -0.25) is 14.5 Å². The van der Waals surface area contributed by atoms with Crippen molar-refractivity contribution in [2.24, 2.45) is 5.92 Å². The molecule has 0 aromatic heterocycles. The Bertz CT molecular complexity index is 707. The molecule has 152 valence electrons. The predicted octanol–water partition coefficient (Wildman–Crippen LogP) is 2.21. The van der Waals surface area contributed by atoms with Gasteiger partial charge in [-0.15, -0.1) is 0 Å². The van der Waals surface area contributed by atoms with Crippen molar-refractivity contribution in [1.82, 2.24) is 14.7 Å². The third-order valence-electron chi connectivity index (χ3n) is 6.66. The van der Waals surface area contributed by atoms with Crippen LogP contribution in [0.1, 0.15) is 43.0 Å². The summed E-state index contributed by atoms with van der Waals surface area (Å²) in [6.45, 7) is 5.71.